The molecule has 1 saturated heterocycles. The molecule has 5 rings (SSSR count). The molecule has 1 fully saturated rings. The molecule has 1 aliphatic heterocycles. The highest BCUT2D eigenvalue weighted by molar-refractivity contribution is 7.98. The molecule has 1 aliphatic rings. The number of rotatable bonds is 8. The largest absolute Gasteiger partial charge is 0.443 e. The summed E-state index contributed by atoms with van der Waals surface area (Å²) in [5.41, 5.74) is 3.40. The zero-order valence-electron chi connectivity index (χ0n) is 19.4. The number of hydrogen-bond acceptors (Lipinski definition) is 6. The molecule has 6 nitrogen and oxygen atoms in total. The van der Waals surface area contributed by atoms with Crippen molar-refractivity contribution in [2.45, 2.75) is 41.7 Å². The summed E-state index contributed by atoms with van der Waals surface area (Å²) in [5.74, 6) is -0.0649. The number of carbonyl (C=O) groups excluding carboxylic acids is 1. The van der Waals surface area contributed by atoms with Gasteiger partial charge in [0.2, 0.25) is 5.09 Å². The van der Waals surface area contributed by atoms with Crippen LogP contribution in [0.1, 0.15) is 24.8 Å². The third-order valence-electron chi connectivity index (χ3n) is 6.41. The minimum atomic E-state index is -3.89. The van der Waals surface area contributed by atoms with E-state index in [-0.39, 0.29) is 17.3 Å². The molecule has 3 heterocycles. The number of ketones is 1. The van der Waals surface area contributed by atoms with Crippen LogP contribution in [0.5, 0.6) is 0 Å². The lowest BCUT2D eigenvalue weighted by molar-refractivity contribution is -0.122. The number of nitrogens with zero attached hydrogens (tertiary/aromatic N) is 2. The Balaban J connectivity index is 1.29. The van der Waals surface area contributed by atoms with Gasteiger partial charge in [-0.3, -0.25) is 9.78 Å². The predicted octanol–water partition coefficient (Wildman–Crippen LogP) is 5.57. The van der Waals surface area contributed by atoms with Crippen LogP contribution in [0.2, 0.25) is 0 Å². The molecule has 2 aromatic carbocycles. The number of aromatic nitrogens is 1. The van der Waals surface area contributed by atoms with Gasteiger partial charge in [-0.05, 0) is 61.4 Å². The Hall–Kier alpha value is -2.94. The van der Waals surface area contributed by atoms with Crippen molar-refractivity contribution in [3.63, 3.8) is 0 Å². The van der Waals surface area contributed by atoms with E-state index in [2.05, 4.69) is 17.1 Å². The molecule has 180 valence electrons. The van der Waals surface area contributed by atoms with Gasteiger partial charge in [-0.1, -0.05) is 30.3 Å². The number of carbonyl (C=O) groups is 1. The van der Waals surface area contributed by atoms with Gasteiger partial charge in [0.15, 0.2) is 5.78 Å². The van der Waals surface area contributed by atoms with Crippen LogP contribution in [0.25, 0.3) is 22.2 Å². The number of fused-ring (bicyclic) bond motifs is 1. The third-order valence-corrected chi connectivity index (χ3v) is 8.92. The van der Waals surface area contributed by atoms with E-state index in [1.54, 1.807) is 30.1 Å². The molecule has 0 radical (unpaired) electrons. The fourth-order valence-corrected chi connectivity index (χ4v) is 6.57. The maximum Gasteiger partial charge on any atom is 0.277 e. The zero-order valence-corrected chi connectivity index (χ0v) is 21.0. The van der Waals surface area contributed by atoms with Crippen molar-refractivity contribution in [2.24, 2.45) is 0 Å². The van der Waals surface area contributed by atoms with Crippen LogP contribution in [0.15, 0.2) is 87.3 Å². The van der Waals surface area contributed by atoms with Gasteiger partial charge in [-0.2, -0.15) is 4.31 Å². The van der Waals surface area contributed by atoms with Crippen molar-refractivity contribution >= 4 is 38.5 Å². The lowest BCUT2D eigenvalue weighted by Gasteiger charge is -2.21. The van der Waals surface area contributed by atoms with E-state index in [9.17, 15) is 13.2 Å². The second-order valence-electron chi connectivity index (χ2n) is 8.62. The summed E-state index contributed by atoms with van der Waals surface area (Å²) >= 11 is 1.69. The molecule has 0 aliphatic carbocycles. The summed E-state index contributed by atoms with van der Waals surface area (Å²) in [6.07, 6.45) is 5.78. The number of Topliss-reactive ketones (excluding diaryl/α,β-unsaturated/α-hetero) is 1. The van der Waals surface area contributed by atoms with Crippen molar-refractivity contribution in [1.82, 2.24) is 9.29 Å². The van der Waals surface area contributed by atoms with E-state index in [4.69, 9.17) is 4.42 Å². The SMILES string of the molecule is CSc1ccc(-c2cc(CCC(=O)[C@@H]3CCCN3S(=O)(=O)c3cc4ccccc4o3)ccn2)cc1. The Morgan fingerprint density at radius 2 is 1.91 bits per heavy atom. The monoisotopic (exact) mass is 506 g/mol. The Bertz CT molecular complexity index is 1430. The van der Waals surface area contributed by atoms with Gasteiger partial charge in [0.1, 0.15) is 5.58 Å². The third kappa shape index (κ3) is 4.91. The lowest BCUT2D eigenvalue weighted by Crippen LogP contribution is -2.40. The highest BCUT2D eigenvalue weighted by Crippen LogP contribution is 2.31. The van der Waals surface area contributed by atoms with Gasteiger partial charge in [0, 0.05) is 41.1 Å². The standard InChI is InChI=1S/C27H26N2O4S2/c1-34-22-11-9-20(10-12-22)23-17-19(14-15-28-23)8-13-25(30)24-6-4-16-29(24)35(31,32)27-18-21-5-2-3-7-26(21)33-27/h2-3,5,7,9-12,14-15,17-18,24H,4,6,8,13,16H2,1H3/t24-/m0/s1. The first-order valence-corrected chi connectivity index (χ1v) is 14.2. The van der Waals surface area contributed by atoms with E-state index in [0.717, 1.165) is 22.2 Å². The number of pyridine rings is 1. The second-order valence-corrected chi connectivity index (χ2v) is 11.3. The van der Waals surface area contributed by atoms with Gasteiger partial charge in [-0.25, -0.2) is 8.42 Å². The van der Waals surface area contributed by atoms with E-state index >= 15 is 0 Å². The maximum atomic E-state index is 13.3. The highest BCUT2D eigenvalue weighted by Gasteiger charge is 2.40. The first-order chi connectivity index (χ1) is 17.0. The van der Waals surface area contributed by atoms with E-state index < -0.39 is 16.1 Å². The topological polar surface area (TPSA) is 80.5 Å². The van der Waals surface area contributed by atoms with Crippen LogP contribution in [-0.2, 0) is 21.2 Å². The van der Waals surface area contributed by atoms with Gasteiger partial charge in [0.25, 0.3) is 10.0 Å². The quantitative estimate of drug-likeness (QED) is 0.291. The molecule has 35 heavy (non-hydrogen) atoms. The minimum Gasteiger partial charge on any atom is -0.443 e. The number of furan rings is 1. The molecule has 0 N–H and O–H groups in total. The van der Waals surface area contributed by atoms with Crippen LogP contribution in [0.4, 0.5) is 0 Å². The number of sulfonamides is 1. The number of benzene rings is 2. The molecule has 8 heteroatoms. The molecule has 2 aromatic heterocycles. The van der Waals surface area contributed by atoms with Gasteiger partial charge >= 0.3 is 0 Å². The summed E-state index contributed by atoms with van der Waals surface area (Å²) in [5, 5.41) is 0.620. The molecular weight excluding hydrogens is 480 g/mol. The Labute approximate surface area is 209 Å². The number of thioether (sulfide) groups is 1. The second kappa shape index (κ2) is 9.97. The zero-order chi connectivity index (χ0) is 24.4. The smallest absolute Gasteiger partial charge is 0.277 e. The van der Waals surface area contributed by atoms with Gasteiger partial charge < -0.3 is 4.42 Å². The van der Waals surface area contributed by atoms with E-state index in [0.29, 0.717) is 31.4 Å². The number of hydrogen-bond donors (Lipinski definition) is 0. The van der Waals surface area contributed by atoms with Crippen LogP contribution in [-0.4, -0.2) is 42.3 Å². The first kappa shape index (κ1) is 23.8. The summed E-state index contributed by atoms with van der Waals surface area (Å²) in [6, 6.07) is 20.2. The minimum absolute atomic E-state index is 0.0649. The molecule has 0 amide bonds. The van der Waals surface area contributed by atoms with Crippen molar-refractivity contribution in [3.8, 4) is 11.3 Å². The fraction of sp³-hybridized carbons (Fsp3) is 0.259. The van der Waals surface area contributed by atoms with Crippen LogP contribution < -0.4 is 0 Å². The van der Waals surface area contributed by atoms with Gasteiger partial charge in [0.05, 0.1) is 11.7 Å². The first-order valence-electron chi connectivity index (χ1n) is 11.6. The van der Waals surface area contributed by atoms with Crippen LogP contribution in [0, 0.1) is 0 Å². The Morgan fingerprint density at radius 1 is 1.11 bits per heavy atom. The van der Waals surface area contributed by atoms with E-state index in [1.165, 1.54) is 15.3 Å². The summed E-state index contributed by atoms with van der Waals surface area (Å²) < 4.78 is 33.6. The predicted molar refractivity (Wildman–Crippen MR) is 138 cm³/mol. The molecule has 0 saturated carbocycles. The molecule has 1 atom stereocenters. The van der Waals surface area contributed by atoms with Crippen molar-refractivity contribution in [1.29, 1.82) is 0 Å². The average molecular weight is 507 g/mol. The van der Waals surface area contributed by atoms with Crippen LogP contribution in [0.3, 0.4) is 0 Å². The number of para-hydroxylation sites is 1. The molecule has 0 spiro atoms. The Kier molecular flexibility index (Phi) is 6.77. The molecule has 0 unspecified atom stereocenters. The normalized spacial score (nSPS) is 16.7. The molecule has 4 aromatic rings. The summed E-state index contributed by atoms with van der Waals surface area (Å²) in [4.78, 5) is 18.8. The average Bonchev–Trinajstić information content (AvgIpc) is 3.56. The molecular formula is C27H26N2O4S2. The highest BCUT2D eigenvalue weighted by atomic mass is 32.2. The van der Waals surface area contributed by atoms with Crippen LogP contribution >= 0.6 is 11.8 Å². The van der Waals surface area contributed by atoms with Crippen molar-refractivity contribution < 1.29 is 17.6 Å². The van der Waals surface area contributed by atoms with E-state index in [1.807, 2.05) is 42.7 Å². The Morgan fingerprint density at radius 3 is 2.69 bits per heavy atom. The van der Waals surface area contributed by atoms with Crippen molar-refractivity contribution in [3.05, 3.63) is 78.5 Å². The summed E-state index contributed by atoms with van der Waals surface area (Å²) in [6.45, 7) is 0.321. The number of aryl methyl sites for hydroxylation is 1. The summed E-state index contributed by atoms with van der Waals surface area (Å²) in [7, 11) is -3.89. The molecule has 0 bridgehead atoms. The van der Waals surface area contributed by atoms with Crippen molar-refractivity contribution in [2.75, 3.05) is 12.8 Å². The van der Waals surface area contributed by atoms with Gasteiger partial charge in [-0.15, -0.1) is 11.8 Å². The lowest BCUT2D eigenvalue weighted by atomic mass is 10.0. The fourth-order valence-electron chi connectivity index (χ4n) is 4.53. The maximum absolute atomic E-state index is 13.3.